The van der Waals surface area contributed by atoms with Crippen LogP contribution >= 0.6 is 0 Å². The van der Waals surface area contributed by atoms with Crippen LogP contribution in [0.2, 0.25) is 0 Å². The number of rotatable bonds is 2. The third-order valence-electron chi connectivity index (χ3n) is 5.57. The van der Waals surface area contributed by atoms with E-state index in [4.69, 9.17) is 4.74 Å². The molecular formula is C16H19F3N2O. The highest BCUT2D eigenvalue weighted by Gasteiger charge is 2.60. The molecule has 3 aliphatic carbocycles. The van der Waals surface area contributed by atoms with E-state index >= 15 is 0 Å². The Morgan fingerprint density at radius 1 is 1.23 bits per heavy atom. The van der Waals surface area contributed by atoms with E-state index in [1.807, 2.05) is 0 Å². The minimum atomic E-state index is -4.40. The van der Waals surface area contributed by atoms with Gasteiger partial charge in [0.05, 0.1) is 12.7 Å². The van der Waals surface area contributed by atoms with Gasteiger partial charge in [-0.05, 0) is 42.7 Å². The fraction of sp³-hybridized carbons (Fsp3) is 0.625. The van der Waals surface area contributed by atoms with Crippen LogP contribution in [0.1, 0.15) is 30.4 Å². The van der Waals surface area contributed by atoms with E-state index in [-0.39, 0.29) is 5.75 Å². The average molecular weight is 312 g/mol. The molecule has 0 radical (unpaired) electrons. The third kappa shape index (κ3) is 1.93. The van der Waals surface area contributed by atoms with Crippen molar-refractivity contribution in [3.05, 3.63) is 23.3 Å². The van der Waals surface area contributed by atoms with Crippen LogP contribution in [-0.4, -0.2) is 19.7 Å². The minimum absolute atomic E-state index is 0.0664. The fourth-order valence-electron chi connectivity index (χ4n) is 4.32. The summed E-state index contributed by atoms with van der Waals surface area (Å²) < 4.78 is 44.5. The lowest BCUT2D eigenvalue weighted by Gasteiger charge is -2.65. The summed E-state index contributed by atoms with van der Waals surface area (Å²) in [4.78, 5) is 0. The molecule has 6 heteroatoms. The van der Waals surface area contributed by atoms with Crippen LogP contribution in [0.25, 0.3) is 0 Å². The number of alkyl halides is 3. The number of hydrogen-bond acceptors (Lipinski definition) is 3. The molecule has 3 nitrogen and oxygen atoms in total. The highest BCUT2D eigenvalue weighted by Crippen LogP contribution is 2.66. The van der Waals surface area contributed by atoms with Crippen molar-refractivity contribution in [1.29, 1.82) is 0 Å². The second kappa shape index (κ2) is 4.54. The van der Waals surface area contributed by atoms with Gasteiger partial charge in [-0.2, -0.15) is 13.2 Å². The average Bonchev–Trinajstić information content (AvgIpc) is 2.54. The number of benzene rings is 1. The highest BCUT2D eigenvalue weighted by atomic mass is 19.4. The summed E-state index contributed by atoms with van der Waals surface area (Å²) in [5, 5.41) is 6.78. The highest BCUT2D eigenvalue weighted by molar-refractivity contribution is 5.62. The lowest BCUT2D eigenvalue weighted by Crippen LogP contribution is -2.62. The largest absolute Gasteiger partial charge is 0.496 e. The molecule has 4 aliphatic rings. The molecule has 0 saturated heterocycles. The molecule has 2 bridgehead atoms. The predicted molar refractivity (Wildman–Crippen MR) is 76.9 cm³/mol. The quantitative estimate of drug-likeness (QED) is 0.878. The summed E-state index contributed by atoms with van der Waals surface area (Å²) in [6.45, 7) is 1.18. The van der Waals surface area contributed by atoms with Crippen LogP contribution in [0.5, 0.6) is 5.75 Å². The van der Waals surface area contributed by atoms with E-state index in [0.717, 1.165) is 24.2 Å². The maximum atomic E-state index is 13.1. The molecule has 120 valence electrons. The van der Waals surface area contributed by atoms with Gasteiger partial charge < -0.3 is 15.4 Å². The van der Waals surface area contributed by atoms with Gasteiger partial charge >= 0.3 is 6.18 Å². The van der Waals surface area contributed by atoms with E-state index in [0.29, 0.717) is 23.6 Å². The molecule has 0 aromatic heterocycles. The van der Waals surface area contributed by atoms with Gasteiger partial charge in [-0.25, -0.2) is 0 Å². The Morgan fingerprint density at radius 2 is 1.95 bits per heavy atom. The topological polar surface area (TPSA) is 33.3 Å². The van der Waals surface area contributed by atoms with Crippen molar-refractivity contribution < 1.29 is 17.9 Å². The Morgan fingerprint density at radius 3 is 2.50 bits per heavy atom. The molecule has 0 spiro atoms. The number of halogens is 3. The molecule has 5 rings (SSSR count). The summed E-state index contributed by atoms with van der Waals surface area (Å²) >= 11 is 0. The number of fused-ring (bicyclic) bond motifs is 1. The Kier molecular flexibility index (Phi) is 2.92. The maximum absolute atomic E-state index is 13.1. The van der Waals surface area contributed by atoms with Crippen LogP contribution in [0, 0.1) is 11.3 Å². The first kappa shape index (κ1) is 14.2. The molecule has 2 N–H and O–H groups in total. The van der Waals surface area contributed by atoms with Gasteiger partial charge in [0.1, 0.15) is 5.75 Å². The van der Waals surface area contributed by atoms with E-state index in [1.165, 1.54) is 26.4 Å². The number of anilines is 1. The van der Waals surface area contributed by atoms with E-state index in [2.05, 4.69) is 10.6 Å². The zero-order valence-electron chi connectivity index (χ0n) is 12.4. The van der Waals surface area contributed by atoms with Gasteiger partial charge in [0, 0.05) is 30.4 Å². The second-order valence-corrected chi connectivity index (χ2v) is 6.84. The predicted octanol–water partition coefficient (Wildman–Crippen LogP) is 3.40. The van der Waals surface area contributed by atoms with Crippen molar-refractivity contribution in [3.63, 3.8) is 0 Å². The molecule has 0 amide bonds. The van der Waals surface area contributed by atoms with E-state index < -0.39 is 11.7 Å². The van der Waals surface area contributed by atoms with Crippen LogP contribution in [0.3, 0.4) is 0 Å². The van der Waals surface area contributed by atoms with Gasteiger partial charge in [-0.1, -0.05) is 0 Å². The molecule has 1 aromatic carbocycles. The van der Waals surface area contributed by atoms with E-state index in [9.17, 15) is 13.2 Å². The van der Waals surface area contributed by atoms with Crippen molar-refractivity contribution in [2.24, 2.45) is 11.3 Å². The lowest BCUT2D eigenvalue weighted by molar-refractivity contribution is -0.138. The zero-order chi connectivity index (χ0) is 15.5. The first-order chi connectivity index (χ1) is 10.4. The van der Waals surface area contributed by atoms with Gasteiger partial charge in [0.2, 0.25) is 0 Å². The SMILES string of the molecule is COc1c(C(F)(F)F)ccc2c1CNCC(C13CC(C1)C3)N2. The smallest absolute Gasteiger partial charge is 0.419 e. The molecule has 1 aromatic rings. The molecule has 3 saturated carbocycles. The van der Waals surface area contributed by atoms with Crippen molar-refractivity contribution in [2.75, 3.05) is 19.0 Å². The minimum Gasteiger partial charge on any atom is -0.496 e. The molecule has 1 aliphatic heterocycles. The standard InChI is InChI=1S/C16H19F3N2O/c1-22-14-10-7-20-8-13(15-4-9(5-15)6-15)21-12(10)3-2-11(14)16(17,18)19/h2-3,9,13,20-21H,4-8H2,1H3. The summed E-state index contributed by atoms with van der Waals surface area (Å²) in [6, 6.07) is 2.96. The Hall–Kier alpha value is -1.43. The van der Waals surface area contributed by atoms with Crippen LogP contribution in [-0.2, 0) is 12.7 Å². The molecule has 1 atom stereocenters. The monoisotopic (exact) mass is 312 g/mol. The van der Waals surface area contributed by atoms with Crippen molar-refractivity contribution in [2.45, 2.75) is 38.0 Å². The first-order valence-electron chi connectivity index (χ1n) is 7.67. The first-order valence-corrected chi connectivity index (χ1v) is 7.67. The van der Waals surface area contributed by atoms with Crippen LogP contribution in [0.15, 0.2) is 12.1 Å². The van der Waals surface area contributed by atoms with Crippen LogP contribution in [0.4, 0.5) is 18.9 Å². The maximum Gasteiger partial charge on any atom is 0.419 e. The molecule has 1 heterocycles. The Labute approximate surface area is 127 Å². The molecule has 22 heavy (non-hydrogen) atoms. The molecule has 1 unspecified atom stereocenters. The molecular weight excluding hydrogens is 293 g/mol. The number of ether oxygens (including phenoxy) is 1. The lowest BCUT2D eigenvalue weighted by atomic mass is 9.42. The van der Waals surface area contributed by atoms with Gasteiger partial charge in [-0.15, -0.1) is 0 Å². The molecule has 3 fully saturated rings. The summed E-state index contributed by atoms with van der Waals surface area (Å²) in [6.07, 6.45) is -0.654. The Balaban J connectivity index is 1.70. The number of methoxy groups -OCH3 is 1. The summed E-state index contributed by atoms with van der Waals surface area (Å²) in [5.74, 6) is 0.815. The van der Waals surface area contributed by atoms with Gasteiger partial charge in [0.15, 0.2) is 0 Å². The van der Waals surface area contributed by atoms with Crippen molar-refractivity contribution >= 4 is 5.69 Å². The van der Waals surface area contributed by atoms with Crippen molar-refractivity contribution in [3.8, 4) is 5.75 Å². The van der Waals surface area contributed by atoms with E-state index in [1.54, 1.807) is 6.07 Å². The fourth-order valence-corrected chi connectivity index (χ4v) is 4.32. The summed E-state index contributed by atoms with van der Waals surface area (Å²) in [7, 11) is 1.30. The summed E-state index contributed by atoms with van der Waals surface area (Å²) in [5.41, 5.74) is 0.993. The number of hydrogen-bond donors (Lipinski definition) is 2. The van der Waals surface area contributed by atoms with Gasteiger partial charge in [0.25, 0.3) is 0 Å². The normalized spacial score (nSPS) is 32.9. The number of nitrogens with one attached hydrogen (secondary N) is 2. The van der Waals surface area contributed by atoms with Gasteiger partial charge in [-0.3, -0.25) is 0 Å². The Bertz CT molecular complexity index is 597. The van der Waals surface area contributed by atoms with Crippen molar-refractivity contribution in [1.82, 2.24) is 5.32 Å². The third-order valence-corrected chi connectivity index (χ3v) is 5.57. The van der Waals surface area contributed by atoms with Crippen LogP contribution < -0.4 is 15.4 Å². The zero-order valence-corrected chi connectivity index (χ0v) is 12.4. The second-order valence-electron chi connectivity index (χ2n) is 6.84.